The Morgan fingerprint density at radius 2 is 1.77 bits per heavy atom. The van der Waals surface area contributed by atoms with Gasteiger partial charge in [-0.2, -0.15) is 0 Å². The van der Waals surface area contributed by atoms with Crippen LogP contribution in [0.25, 0.3) is 0 Å². The summed E-state index contributed by atoms with van der Waals surface area (Å²) in [4.78, 5) is 2.45. The van der Waals surface area contributed by atoms with Crippen LogP contribution in [0, 0.1) is 6.92 Å². The Morgan fingerprint density at radius 1 is 1.05 bits per heavy atom. The second-order valence-electron chi connectivity index (χ2n) is 6.49. The van der Waals surface area contributed by atoms with E-state index < -0.39 is 0 Å². The van der Waals surface area contributed by atoms with E-state index in [2.05, 4.69) is 48.2 Å². The van der Waals surface area contributed by atoms with Gasteiger partial charge in [0.15, 0.2) is 0 Å². The molecule has 1 aliphatic carbocycles. The van der Waals surface area contributed by atoms with Gasteiger partial charge in [0, 0.05) is 19.1 Å². The van der Waals surface area contributed by atoms with Crippen LogP contribution in [0.15, 0.2) is 54.6 Å². The second kappa shape index (κ2) is 7.08. The van der Waals surface area contributed by atoms with Crippen molar-refractivity contribution in [2.45, 2.75) is 44.9 Å². The van der Waals surface area contributed by atoms with Crippen molar-refractivity contribution >= 4 is 0 Å². The summed E-state index contributed by atoms with van der Waals surface area (Å²) in [5, 5.41) is 10.4. The Balaban J connectivity index is 1.59. The smallest absolute Gasteiger partial charge is 0.0707 e. The zero-order valence-electron chi connectivity index (χ0n) is 13.3. The molecule has 2 aromatic carbocycles. The summed E-state index contributed by atoms with van der Waals surface area (Å²) in [6, 6.07) is 19.6. The summed E-state index contributed by atoms with van der Waals surface area (Å²) in [5.74, 6) is 0. The van der Waals surface area contributed by atoms with Crippen molar-refractivity contribution < 1.29 is 5.11 Å². The largest absolute Gasteiger partial charge is 0.391 e. The van der Waals surface area contributed by atoms with Crippen LogP contribution in [0.3, 0.4) is 0 Å². The van der Waals surface area contributed by atoms with E-state index in [4.69, 9.17) is 0 Å². The van der Waals surface area contributed by atoms with E-state index in [1.54, 1.807) is 0 Å². The van der Waals surface area contributed by atoms with Crippen molar-refractivity contribution in [3.8, 4) is 0 Å². The number of hydrogen-bond acceptors (Lipinski definition) is 2. The number of aliphatic hydroxyl groups is 1. The number of hydrogen-bond donors (Lipinski definition) is 1. The predicted octanol–water partition coefficient (Wildman–Crippen LogP) is 3.56. The minimum atomic E-state index is -0.298. The van der Waals surface area contributed by atoms with Crippen molar-refractivity contribution in [1.82, 2.24) is 4.90 Å². The van der Waals surface area contributed by atoms with E-state index in [1.807, 2.05) is 18.2 Å². The van der Waals surface area contributed by atoms with Gasteiger partial charge in [-0.25, -0.2) is 0 Å². The summed E-state index contributed by atoms with van der Waals surface area (Å²) in [6.45, 7) is 3.83. The van der Waals surface area contributed by atoms with Gasteiger partial charge in [0.25, 0.3) is 0 Å². The minimum absolute atomic E-state index is 0.298. The summed E-state index contributed by atoms with van der Waals surface area (Å²) < 4.78 is 0. The van der Waals surface area contributed by atoms with Gasteiger partial charge in [-0.3, -0.25) is 4.90 Å². The van der Waals surface area contributed by atoms with Crippen LogP contribution in [0.4, 0.5) is 0 Å². The first kappa shape index (κ1) is 15.3. The van der Waals surface area contributed by atoms with Gasteiger partial charge in [-0.05, 0) is 37.3 Å². The SMILES string of the molecule is Cc1cccc(CN(CC(O)Cc2ccccc2)C2CC2)c1. The molecule has 0 radical (unpaired) electrons. The number of nitrogens with zero attached hydrogens (tertiary/aromatic N) is 1. The fourth-order valence-electron chi connectivity index (χ4n) is 3.05. The van der Waals surface area contributed by atoms with E-state index in [0.29, 0.717) is 6.04 Å². The topological polar surface area (TPSA) is 23.5 Å². The molecule has 1 aliphatic rings. The molecule has 1 N–H and O–H groups in total. The number of rotatable bonds is 7. The fraction of sp³-hybridized carbons (Fsp3) is 0.400. The molecule has 116 valence electrons. The molecule has 2 nitrogen and oxygen atoms in total. The van der Waals surface area contributed by atoms with Crippen molar-refractivity contribution in [1.29, 1.82) is 0 Å². The lowest BCUT2D eigenvalue weighted by molar-refractivity contribution is 0.104. The van der Waals surface area contributed by atoms with Crippen LogP contribution in [0.5, 0.6) is 0 Å². The standard InChI is InChI=1S/C20H25NO/c1-16-6-5-9-18(12-16)14-21(19-10-11-19)15-20(22)13-17-7-3-2-4-8-17/h2-9,12,19-20,22H,10-11,13-15H2,1H3. The zero-order chi connectivity index (χ0) is 15.4. The normalized spacial score (nSPS) is 16.0. The quantitative estimate of drug-likeness (QED) is 0.844. The van der Waals surface area contributed by atoms with Gasteiger partial charge >= 0.3 is 0 Å². The van der Waals surface area contributed by atoms with Crippen LogP contribution < -0.4 is 0 Å². The van der Waals surface area contributed by atoms with Crippen LogP contribution in [-0.2, 0) is 13.0 Å². The molecular formula is C20H25NO. The molecule has 1 fully saturated rings. The maximum atomic E-state index is 10.4. The Hall–Kier alpha value is -1.64. The number of aliphatic hydroxyl groups excluding tert-OH is 1. The molecule has 2 aromatic rings. The molecule has 3 rings (SSSR count). The minimum Gasteiger partial charge on any atom is -0.391 e. The average molecular weight is 295 g/mol. The third-order valence-corrected chi connectivity index (χ3v) is 4.29. The molecule has 1 saturated carbocycles. The van der Waals surface area contributed by atoms with E-state index in [0.717, 1.165) is 19.5 Å². The van der Waals surface area contributed by atoms with Gasteiger partial charge in [0.05, 0.1) is 6.10 Å². The van der Waals surface area contributed by atoms with E-state index in [-0.39, 0.29) is 6.10 Å². The lowest BCUT2D eigenvalue weighted by atomic mass is 10.1. The molecule has 0 bridgehead atoms. The summed E-state index contributed by atoms with van der Waals surface area (Å²) in [6.07, 6.45) is 2.97. The van der Waals surface area contributed by atoms with Crippen molar-refractivity contribution in [3.63, 3.8) is 0 Å². The second-order valence-corrected chi connectivity index (χ2v) is 6.49. The first-order chi connectivity index (χ1) is 10.7. The molecular weight excluding hydrogens is 270 g/mol. The lowest BCUT2D eigenvalue weighted by Gasteiger charge is -2.25. The molecule has 1 unspecified atom stereocenters. The highest BCUT2D eigenvalue weighted by Gasteiger charge is 2.30. The predicted molar refractivity (Wildman–Crippen MR) is 90.8 cm³/mol. The number of aryl methyl sites for hydroxylation is 1. The molecule has 0 heterocycles. The monoisotopic (exact) mass is 295 g/mol. The third-order valence-electron chi connectivity index (χ3n) is 4.29. The highest BCUT2D eigenvalue weighted by Crippen LogP contribution is 2.28. The van der Waals surface area contributed by atoms with Crippen LogP contribution in [0.2, 0.25) is 0 Å². The van der Waals surface area contributed by atoms with Gasteiger partial charge in [-0.1, -0.05) is 60.2 Å². The Kier molecular flexibility index (Phi) is 4.91. The van der Waals surface area contributed by atoms with Crippen LogP contribution in [-0.4, -0.2) is 28.7 Å². The highest BCUT2D eigenvalue weighted by molar-refractivity contribution is 5.22. The Morgan fingerprint density at radius 3 is 2.45 bits per heavy atom. The maximum Gasteiger partial charge on any atom is 0.0707 e. The first-order valence-electron chi connectivity index (χ1n) is 8.22. The molecule has 22 heavy (non-hydrogen) atoms. The maximum absolute atomic E-state index is 10.4. The summed E-state index contributed by atoms with van der Waals surface area (Å²) >= 11 is 0. The van der Waals surface area contributed by atoms with Gasteiger partial charge in [0.1, 0.15) is 0 Å². The highest BCUT2D eigenvalue weighted by atomic mass is 16.3. The van der Waals surface area contributed by atoms with Crippen molar-refractivity contribution in [2.24, 2.45) is 0 Å². The molecule has 0 saturated heterocycles. The molecule has 2 heteroatoms. The van der Waals surface area contributed by atoms with Crippen molar-refractivity contribution in [2.75, 3.05) is 6.54 Å². The molecule has 0 amide bonds. The fourth-order valence-corrected chi connectivity index (χ4v) is 3.05. The van der Waals surface area contributed by atoms with Gasteiger partial charge in [-0.15, -0.1) is 0 Å². The summed E-state index contributed by atoms with van der Waals surface area (Å²) in [7, 11) is 0. The van der Waals surface area contributed by atoms with Crippen LogP contribution >= 0.6 is 0 Å². The lowest BCUT2D eigenvalue weighted by Crippen LogP contribution is -2.34. The Labute approximate surface area is 133 Å². The molecule has 0 aliphatic heterocycles. The van der Waals surface area contributed by atoms with Crippen molar-refractivity contribution in [3.05, 3.63) is 71.3 Å². The zero-order valence-corrected chi connectivity index (χ0v) is 13.3. The van der Waals surface area contributed by atoms with Gasteiger partial charge in [0.2, 0.25) is 0 Å². The first-order valence-corrected chi connectivity index (χ1v) is 8.22. The van der Waals surface area contributed by atoms with E-state index in [9.17, 15) is 5.11 Å². The number of benzene rings is 2. The van der Waals surface area contributed by atoms with E-state index >= 15 is 0 Å². The Bertz CT molecular complexity index is 592. The third kappa shape index (κ3) is 4.43. The molecule has 0 spiro atoms. The molecule has 0 aromatic heterocycles. The molecule has 1 atom stereocenters. The summed E-state index contributed by atoms with van der Waals surface area (Å²) in [5.41, 5.74) is 3.86. The van der Waals surface area contributed by atoms with Gasteiger partial charge < -0.3 is 5.11 Å². The van der Waals surface area contributed by atoms with E-state index in [1.165, 1.54) is 29.5 Å². The average Bonchev–Trinajstić information content (AvgIpc) is 3.32. The van der Waals surface area contributed by atoms with Crippen LogP contribution in [0.1, 0.15) is 29.5 Å².